The Bertz CT molecular complexity index is 1140. The van der Waals surface area contributed by atoms with Gasteiger partial charge in [0.05, 0.1) is 6.04 Å². The first-order chi connectivity index (χ1) is 13.4. The second-order valence-electron chi connectivity index (χ2n) is 8.71. The molecule has 5 rings (SSSR count). The quantitative estimate of drug-likeness (QED) is 0.565. The summed E-state index contributed by atoms with van der Waals surface area (Å²) in [4.78, 5) is 13.3. The van der Waals surface area contributed by atoms with E-state index in [1.807, 2.05) is 12.1 Å². The number of carbonyl (C=O) groups excluding carboxylic acids is 1. The van der Waals surface area contributed by atoms with Crippen LogP contribution in [-0.2, 0) is 4.79 Å². The molecule has 140 valence electrons. The summed E-state index contributed by atoms with van der Waals surface area (Å²) in [6.45, 7) is 4.36. The largest absolute Gasteiger partial charge is 0.508 e. The highest BCUT2D eigenvalue weighted by Crippen LogP contribution is 2.52. The summed E-state index contributed by atoms with van der Waals surface area (Å²) < 4.78 is 0. The van der Waals surface area contributed by atoms with Crippen LogP contribution in [-0.4, -0.2) is 10.9 Å². The number of Topliss-reactive ketones (excluding diaryl/α,β-unsaturated/α-hetero) is 1. The summed E-state index contributed by atoms with van der Waals surface area (Å²) >= 11 is 0. The maximum Gasteiger partial charge on any atom is 0.162 e. The first-order valence-corrected chi connectivity index (χ1v) is 9.77. The van der Waals surface area contributed by atoms with Gasteiger partial charge in [0.1, 0.15) is 5.75 Å². The maximum absolute atomic E-state index is 13.3. The fraction of sp³-hybridized carbons (Fsp3) is 0.240. The van der Waals surface area contributed by atoms with E-state index < -0.39 is 0 Å². The summed E-state index contributed by atoms with van der Waals surface area (Å²) in [5.74, 6) is 0.451. The van der Waals surface area contributed by atoms with Gasteiger partial charge in [-0.2, -0.15) is 0 Å². The van der Waals surface area contributed by atoms with Gasteiger partial charge in [0, 0.05) is 23.2 Å². The Morgan fingerprint density at radius 3 is 2.50 bits per heavy atom. The molecule has 3 aromatic rings. The van der Waals surface area contributed by atoms with E-state index in [2.05, 4.69) is 55.6 Å². The minimum absolute atomic E-state index is 0.0546. The van der Waals surface area contributed by atoms with Crippen molar-refractivity contribution < 1.29 is 9.90 Å². The Morgan fingerprint density at radius 2 is 1.71 bits per heavy atom. The predicted octanol–water partition coefficient (Wildman–Crippen LogP) is 5.85. The highest BCUT2D eigenvalue weighted by Gasteiger charge is 2.40. The van der Waals surface area contributed by atoms with Crippen LogP contribution in [0.15, 0.2) is 66.2 Å². The fourth-order valence-electron chi connectivity index (χ4n) is 4.75. The highest BCUT2D eigenvalue weighted by atomic mass is 16.3. The number of hydrogen-bond donors (Lipinski definition) is 2. The molecule has 1 heterocycles. The Hall–Kier alpha value is -3.07. The number of aromatic hydroxyl groups is 1. The summed E-state index contributed by atoms with van der Waals surface area (Å²) in [6, 6.07) is 19.6. The number of allylic oxidation sites excluding steroid dienone is 1. The van der Waals surface area contributed by atoms with Gasteiger partial charge in [0.2, 0.25) is 0 Å². The molecule has 2 aliphatic rings. The van der Waals surface area contributed by atoms with Crippen molar-refractivity contribution in [3.05, 3.63) is 77.4 Å². The van der Waals surface area contributed by atoms with E-state index in [1.165, 1.54) is 21.9 Å². The number of benzene rings is 3. The zero-order valence-electron chi connectivity index (χ0n) is 16.1. The molecule has 3 nitrogen and oxygen atoms in total. The fourth-order valence-corrected chi connectivity index (χ4v) is 4.75. The van der Waals surface area contributed by atoms with E-state index in [9.17, 15) is 9.90 Å². The highest BCUT2D eigenvalue weighted by molar-refractivity contribution is 6.12. The number of carbonyl (C=O) groups is 1. The Labute approximate surface area is 164 Å². The third-order valence-electron chi connectivity index (χ3n) is 5.97. The first-order valence-electron chi connectivity index (χ1n) is 9.77. The number of nitrogens with one attached hydrogen (secondary N) is 1. The van der Waals surface area contributed by atoms with Gasteiger partial charge in [-0.15, -0.1) is 0 Å². The molecule has 0 amide bonds. The standard InChI is InChI=1S/C25H23NO2/c1-25(2)13-19-22-18-6-4-3-5-15(18)9-12-20(22)26-24(23(19)21(28)14-25)16-7-10-17(27)11-8-16/h3-12,24,26-27H,13-14H2,1-2H3. The van der Waals surface area contributed by atoms with Gasteiger partial charge in [-0.1, -0.05) is 56.3 Å². The summed E-state index contributed by atoms with van der Waals surface area (Å²) in [6.07, 6.45) is 1.44. The molecular formula is C25H23NO2. The monoisotopic (exact) mass is 369 g/mol. The summed E-state index contributed by atoms with van der Waals surface area (Å²) in [7, 11) is 0. The van der Waals surface area contributed by atoms with Crippen molar-refractivity contribution in [1.29, 1.82) is 0 Å². The van der Waals surface area contributed by atoms with E-state index in [1.54, 1.807) is 12.1 Å². The van der Waals surface area contributed by atoms with Crippen LogP contribution in [0.4, 0.5) is 5.69 Å². The molecule has 0 radical (unpaired) electrons. The van der Waals surface area contributed by atoms with E-state index in [-0.39, 0.29) is 23.0 Å². The molecule has 0 saturated carbocycles. The van der Waals surface area contributed by atoms with Crippen molar-refractivity contribution >= 4 is 27.8 Å². The number of phenols is 1. The molecule has 3 aromatic carbocycles. The van der Waals surface area contributed by atoms with Crippen LogP contribution >= 0.6 is 0 Å². The zero-order chi connectivity index (χ0) is 19.5. The molecular weight excluding hydrogens is 346 g/mol. The molecule has 0 bridgehead atoms. The van der Waals surface area contributed by atoms with Crippen LogP contribution < -0.4 is 5.32 Å². The predicted molar refractivity (Wildman–Crippen MR) is 113 cm³/mol. The molecule has 0 aromatic heterocycles. The minimum Gasteiger partial charge on any atom is -0.508 e. The molecule has 0 fully saturated rings. The van der Waals surface area contributed by atoms with Crippen LogP contribution in [0, 0.1) is 5.41 Å². The Kier molecular flexibility index (Phi) is 3.63. The van der Waals surface area contributed by atoms with E-state index in [0.717, 1.165) is 23.2 Å². The second-order valence-corrected chi connectivity index (χ2v) is 8.71. The topological polar surface area (TPSA) is 49.3 Å². The van der Waals surface area contributed by atoms with Gasteiger partial charge in [-0.25, -0.2) is 0 Å². The number of anilines is 1. The molecule has 3 heteroatoms. The Balaban J connectivity index is 1.79. The van der Waals surface area contributed by atoms with Gasteiger partial charge in [0.25, 0.3) is 0 Å². The molecule has 1 aliphatic heterocycles. The zero-order valence-corrected chi connectivity index (χ0v) is 16.1. The van der Waals surface area contributed by atoms with Gasteiger partial charge in [-0.3, -0.25) is 4.79 Å². The summed E-state index contributed by atoms with van der Waals surface area (Å²) in [5, 5.41) is 15.7. The van der Waals surface area contributed by atoms with E-state index in [4.69, 9.17) is 0 Å². The maximum atomic E-state index is 13.3. The minimum atomic E-state index is -0.187. The van der Waals surface area contributed by atoms with Crippen LogP contribution in [0.3, 0.4) is 0 Å². The molecule has 0 spiro atoms. The average molecular weight is 369 g/mol. The van der Waals surface area contributed by atoms with Crippen LogP contribution in [0.5, 0.6) is 5.75 Å². The van der Waals surface area contributed by atoms with E-state index >= 15 is 0 Å². The normalized spacial score (nSPS) is 20.5. The van der Waals surface area contributed by atoms with Gasteiger partial charge in [-0.05, 0) is 51.9 Å². The number of phenolic OH excluding ortho intramolecular Hbond substituents is 1. The van der Waals surface area contributed by atoms with Crippen LogP contribution in [0.25, 0.3) is 16.3 Å². The third-order valence-corrected chi connectivity index (χ3v) is 5.97. The van der Waals surface area contributed by atoms with Crippen molar-refractivity contribution in [2.75, 3.05) is 5.32 Å². The smallest absolute Gasteiger partial charge is 0.162 e. The Morgan fingerprint density at radius 1 is 0.964 bits per heavy atom. The average Bonchev–Trinajstić information content (AvgIpc) is 2.66. The molecule has 0 saturated heterocycles. The number of ketones is 1. The number of rotatable bonds is 1. The molecule has 1 aliphatic carbocycles. The van der Waals surface area contributed by atoms with Gasteiger partial charge in [0.15, 0.2) is 5.78 Å². The van der Waals surface area contributed by atoms with Crippen molar-refractivity contribution in [2.24, 2.45) is 5.41 Å². The second kappa shape index (κ2) is 5.96. The molecule has 28 heavy (non-hydrogen) atoms. The lowest BCUT2D eigenvalue weighted by atomic mass is 9.68. The van der Waals surface area contributed by atoms with Crippen molar-refractivity contribution in [3.8, 4) is 5.75 Å². The third kappa shape index (κ3) is 2.62. The van der Waals surface area contributed by atoms with Crippen LogP contribution in [0.2, 0.25) is 0 Å². The van der Waals surface area contributed by atoms with Crippen molar-refractivity contribution in [1.82, 2.24) is 0 Å². The first kappa shape index (κ1) is 17.1. The lowest BCUT2D eigenvalue weighted by Crippen LogP contribution is -2.33. The SMILES string of the molecule is CC1(C)CC(=O)C2=C(C1)c1c(ccc3ccccc13)NC2c1ccc(O)cc1. The lowest BCUT2D eigenvalue weighted by molar-refractivity contribution is -0.118. The number of hydrogen-bond acceptors (Lipinski definition) is 3. The molecule has 1 unspecified atom stereocenters. The number of fused-ring (bicyclic) bond motifs is 4. The van der Waals surface area contributed by atoms with Gasteiger partial charge < -0.3 is 10.4 Å². The lowest BCUT2D eigenvalue weighted by Gasteiger charge is -2.40. The van der Waals surface area contributed by atoms with E-state index in [0.29, 0.717) is 6.42 Å². The van der Waals surface area contributed by atoms with Crippen molar-refractivity contribution in [3.63, 3.8) is 0 Å². The van der Waals surface area contributed by atoms with Gasteiger partial charge >= 0.3 is 0 Å². The van der Waals surface area contributed by atoms with Crippen molar-refractivity contribution in [2.45, 2.75) is 32.7 Å². The molecule has 1 atom stereocenters. The summed E-state index contributed by atoms with van der Waals surface area (Å²) in [5.41, 5.74) is 5.24. The molecule has 2 N–H and O–H groups in total. The van der Waals surface area contributed by atoms with Crippen LogP contribution in [0.1, 0.15) is 43.9 Å².